The summed E-state index contributed by atoms with van der Waals surface area (Å²) < 4.78 is 5.33. The lowest BCUT2D eigenvalue weighted by molar-refractivity contribution is -0.132. The summed E-state index contributed by atoms with van der Waals surface area (Å²) in [4.78, 5) is 35.4. The fraction of sp³-hybridized carbons (Fsp3) is 0.222. The molecule has 0 aliphatic carbocycles. The van der Waals surface area contributed by atoms with Crippen molar-refractivity contribution in [2.75, 3.05) is 0 Å². The number of amides is 3. The van der Waals surface area contributed by atoms with Crippen LogP contribution in [0, 0.1) is 6.92 Å². The Bertz CT molecular complexity index is 983. The molecule has 7 heteroatoms. The van der Waals surface area contributed by atoms with Gasteiger partial charge >= 0.3 is 6.03 Å². The van der Waals surface area contributed by atoms with E-state index in [0.717, 1.165) is 15.9 Å². The Morgan fingerprint density at radius 2 is 1.84 bits per heavy atom. The van der Waals surface area contributed by atoms with Gasteiger partial charge in [0.2, 0.25) is 0 Å². The van der Waals surface area contributed by atoms with Crippen LogP contribution in [0.2, 0.25) is 0 Å². The van der Waals surface area contributed by atoms with Crippen LogP contribution >= 0.6 is 0 Å². The molecular weight excluding hydrogens is 320 g/mol. The van der Waals surface area contributed by atoms with Crippen molar-refractivity contribution < 1.29 is 14.0 Å². The molecule has 0 bridgehead atoms. The van der Waals surface area contributed by atoms with Gasteiger partial charge in [0.05, 0.1) is 35.2 Å². The first-order valence-corrected chi connectivity index (χ1v) is 7.89. The molecule has 3 amide bonds. The molecule has 1 aliphatic heterocycles. The zero-order valence-corrected chi connectivity index (χ0v) is 13.8. The number of carbonyl (C=O) groups excluding carboxylic acids is 2. The predicted octanol–water partition coefficient (Wildman–Crippen LogP) is 2.50. The Morgan fingerprint density at radius 3 is 2.52 bits per heavy atom. The van der Waals surface area contributed by atoms with E-state index < -0.39 is 11.6 Å². The van der Waals surface area contributed by atoms with E-state index in [9.17, 15) is 9.59 Å². The van der Waals surface area contributed by atoms with Crippen LogP contribution in [-0.4, -0.2) is 26.8 Å². The second kappa shape index (κ2) is 5.41. The number of hydrogen-bond donors (Lipinski definition) is 1. The van der Waals surface area contributed by atoms with Crippen LogP contribution in [0.4, 0.5) is 4.79 Å². The number of imide groups is 1. The number of nitrogens with one attached hydrogen (secondary N) is 1. The van der Waals surface area contributed by atoms with Crippen molar-refractivity contribution in [3.05, 3.63) is 59.8 Å². The minimum Gasteiger partial charge on any atom is -0.466 e. The van der Waals surface area contributed by atoms with Gasteiger partial charge in [-0.25, -0.2) is 14.8 Å². The first-order valence-electron chi connectivity index (χ1n) is 7.89. The first kappa shape index (κ1) is 15.3. The van der Waals surface area contributed by atoms with Gasteiger partial charge in [-0.2, -0.15) is 0 Å². The Hall–Kier alpha value is -3.22. The fourth-order valence-corrected chi connectivity index (χ4v) is 2.99. The number of hydrogen-bond acceptors (Lipinski definition) is 5. The second-order valence-corrected chi connectivity index (χ2v) is 6.17. The van der Waals surface area contributed by atoms with Crippen LogP contribution in [-0.2, 0) is 16.9 Å². The number of furan rings is 1. The molecule has 7 nitrogen and oxygen atoms in total. The number of aryl methyl sites for hydroxylation is 1. The maximum atomic E-state index is 12.8. The number of aromatic nitrogens is 2. The third kappa shape index (κ3) is 2.36. The monoisotopic (exact) mass is 336 g/mol. The summed E-state index contributed by atoms with van der Waals surface area (Å²) in [7, 11) is 0. The summed E-state index contributed by atoms with van der Waals surface area (Å²) in [5, 5.41) is 2.70. The van der Waals surface area contributed by atoms with Crippen LogP contribution in [0.25, 0.3) is 11.0 Å². The van der Waals surface area contributed by atoms with Crippen LogP contribution in [0.5, 0.6) is 0 Å². The Balaban J connectivity index is 1.68. The Labute approximate surface area is 143 Å². The van der Waals surface area contributed by atoms with Gasteiger partial charge in [-0.1, -0.05) is 12.1 Å². The van der Waals surface area contributed by atoms with E-state index in [4.69, 9.17) is 4.42 Å². The lowest BCUT2D eigenvalue weighted by Gasteiger charge is -2.19. The highest BCUT2D eigenvalue weighted by Crippen LogP contribution is 2.30. The highest BCUT2D eigenvalue weighted by Gasteiger charge is 2.51. The predicted molar refractivity (Wildman–Crippen MR) is 89.4 cm³/mol. The number of urea groups is 1. The molecule has 1 aromatic carbocycles. The van der Waals surface area contributed by atoms with E-state index in [0.29, 0.717) is 17.1 Å². The van der Waals surface area contributed by atoms with E-state index >= 15 is 0 Å². The van der Waals surface area contributed by atoms with Crippen LogP contribution in [0.1, 0.15) is 24.1 Å². The van der Waals surface area contributed by atoms with Crippen molar-refractivity contribution in [3.63, 3.8) is 0 Å². The number of para-hydroxylation sites is 2. The van der Waals surface area contributed by atoms with Gasteiger partial charge in [-0.3, -0.25) is 9.69 Å². The minimum atomic E-state index is -1.21. The molecule has 3 heterocycles. The van der Waals surface area contributed by atoms with Gasteiger partial charge in [0, 0.05) is 0 Å². The smallest absolute Gasteiger partial charge is 0.325 e. The number of carbonyl (C=O) groups is 2. The maximum Gasteiger partial charge on any atom is 0.325 e. The number of benzene rings is 1. The molecule has 4 rings (SSSR count). The molecule has 1 atom stereocenters. The van der Waals surface area contributed by atoms with Crippen LogP contribution in [0.15, 0.2) is 47.1 Å². The molecule has 1 aliphatic rings. The lowest BCUT2D eigenvalue weighted by atomic mass is 9.99. The molecule has 0 radical (unpaired) electrons. The molecule has 2 aromatic heterocycles. The van der Waals surface area contributed by atoms with Gasteiger partial charge in [-0.05, 0) is 38.1 Å². The quantitative estimate of drug-likeness (QED) is 0.742. The van der Waals surface area contributed by atoms with E-state index in [1.807, 2.05) is 31.2 Å². The zero-order chi connectivity index (χ0) is 17.6. The SMILES string of the molecule is Cc1nc2ccccc2nc1CN1C(=O)N[C@@](C)(c2ccco2)C1=O. The average Bonchev–Trinajstić information content (AvgIpc) is 3.20. The average molecular weight is 336 g/mol. The largest absolute Gasteiger partial charge is 0.466 e. The molecule has 0 unspecified atom stereocenters. The Morgan fingerprint density at radius 1 is 1.12 bits per heavy atom. The van der Waals surface area contributed by atoms with Gasteiger partial charge in [0.1, 0.15) is 5.76 Å². The van der Waals surface area contributed by atoms with Crippen LogP contribution in [0.3, 0.4) is 0 Å². The van der Waals surface area contributed by atoms with Gasteiger partial charge in [-0.15, -0.1) is 0 Å². The molecular formula is C18H16N4O3. The number of rotatable bonds is 3. The normalized spacial score (nSPS) is 20.3. The summed E-state index contributed by atoms with van der Waals surface area (Å²) in [6.45, 7) is 3.51. The van der Waals surface area contributed by atoms with E-state index in [1.165, 1.54) is 6.26 Å². The van der Waals surface area contributed by atoms with Gasteiger partial charge in [0.15, 0.2) is 5.54 Å². The van der Waals surface area contributed by atoms with E-state index in [-0.39, 0.29) is 12.5 Å². The topological polar surface area (TPSA) is 88.3 Å². The van der Waals surface area contributed by atoms with Crippen molar-refractivity contribution in [2.45, 2.75) is 25.9 Å². The van der Waals surface area contributed by atoms with Gasteiger partial charge < -0.3 is 9.73 Å². The highest BCUT2D eigenvalue weighted by molar-refractivity contribution is 6.06. The van der Waals surface area contributed by atoms with E-state index in [1.54, 1.807) is 19.1 Å². The molecule has 1 N–H and O–H groups in total. The summed E-state index contributed by atoms with van der Waals surface area (Å²) in [5.41, 5.74) is 1.57. The fourth-order valence-electron chi connectivity index (χ4n) is 2.99. The van der Waals surface area contributed by atoms with Crippen molar-refractivity contribution >= 4 is 23.0 Å². The molecule has 25 heavy (non-hydrogen) atoms. The minimum absolute atomic E-state index is 0.0602. The Kier molecular flexibility index (Phi) is 3.31. The third-order valence-electron chi connectivity index (χ3n) is 4.44. The molecule has 1 fully saturated rings. The standard InChI is InChI=1S/C18H16N4O3/c1-11-14(20-13-7-4-3-6-12(13)19-11)10-22-16(23)18(2,21-17(22)24)15-8-5-9-25-15/h3-9H,10H2,1-2H3,(H,21,24)/t18-/m0/s1. The molecule has 1 saturated heterocycles. The molecule has 0 saturated carbocycles. The van der Waals surface area contributed by atoms with Crippen LogP contribution < -0.4 is 5.32 Å². The summed E-state index contributed by atoms with van der Waals surface area (Å²) in [6, 6.07) is 10.4. The maximum absolute atomic E-state index is 12.8. The zero-order valence-electron chi connectivity index (χ0n) is 13.8. The molecule has 0 spiro atoms. The lowest BCUT2D eigenvalue weighted by Crippen LogP contribution is -2.40. The van der Waals surface area contributed by atoms with Crippen molar-refractivity contribution in [1.82, 2.24) is 20.2 Å². The molecule has 3 aromatic rings. The highest BCUT2D eigenvalue weighted by atomic mass is 16.3. The summed E-state index contributed by atoms with van der Waals surface area (Å²) in [6.07, 6.45) is 1.47. The van der Waals surface area contributed by atoms with E-state index in [2.05, 4.69) is 15.3 Å². The summed E-state index contributed by atoms with van der Waals surface area (Å²) in [5.74, 6) is 0.0245. The number of fused-ring (bicyclic) bond motifs is 1. The second-order valence-electron chi connectivity index (χ2n) is 6.17. The number of nitrogens with zero attached hydrogens (tertiary/aromatic N) is 3. The van der Waals surface area contributed by atoms with Gasteiger partial charge in [0.25, 0.3) is 5.91 Å². The van der Waals surface area contributed by atoms with Crippen molar-refractivity contribution in [1.29, 1.82) is 0 Å². The molecule has 126 valence electrons. The van der Waals surface area contributed by atoms with Crippen molar-refractivity contribution in [3.8, 4) is 0 Å². The van der Waals surface area contributed by atoms with Crippen molar-refractivity contribution in [2.24, 2.45) is 0 Å². The summed E-state index contributed by atoms with van der Waals surface area (Å²) >= 11 is 0. The first-order chi connectivity index (χ1) is 12.0. The third-order valence-corrected chi connectivity index (χ3v) is 4.44.